The molecule has 1 heterocycles. The van der Waals surface area contributed by atoms with Gasteiger partial charge in [0, 0.05) is 22.3 Å². The predicted octanol–water partition coefficient (Wildman–Crippen LogP) is 4.77. The van der Waals surface area contributed by atoms with Crippen LogP contribution in [0.2, 0.25) is 5.02 Å². The number of rotatable bonds is 5. The summed E-state index contributed by atoms with van der Waals surface area (Å²) in [6.45, 7) is 0. The summed E-state index contributed by atoms with van der Waals surface area (Å²) >= 11 is 5.95. The van der Waals surface area contributed by atoms with Gasteiger partial charge in [-0.05, 0) is 36.4 Å². The summed E-state index contributed by atoms with van der Waals surface area (Å²) in [7, 11) is 1.33. The van der Waals surface area contributed by atoms with E-state index in [2.05, 4.69) is 5.32 Å². The maximum absolute atomic E-state index is 12.3. The number of carbonyl (C=O) groups excluding carboxylic acids is 1. The standard InChI is InChI=1S/C18H13ClN2O5/c1-25-16-6-5-13(10-14(16)21(23)24)20-18(22)17-8-7-15(26-17)11-3-2-4-12(19)9-11/h2-10H,1H3,(H,20,22). The van der Waals surface area contributed by atoms with Gasteiger partial charge in [0.05, 0.1) is 12.0 Å². The van der Waals surface area contributed by atoms with Crippen molar-refractivity contribution < 1.29 is 18.9 Å². The van der Waals surface area contributed by atoms with Crippen molar-refractivity contribution in [3.63, 3.8) is 0 Å². The van der Waals surface area contributed by atoms with Crippen LogP contribution in [-0.2, 0) is 0 Å². The second-order valence-electron chi connectivity index (χ2n) is 5.27. The van der Waals surface area contributed by atoms with Crippen LogP contribution in [0, 0.1) is 10.1 Å². The molecule has 8 heteroatoms. The Morgan fingerprint density at radius 1 is 1.19 bits per heavy atom. The summed E-state index contributed by atoms with van der Waals surface area (Å²) in [5, 5.41) is 14.2. The molecule has 0 saturated heterocycles. The highest BCUT2D eigenvalue weighted by atomic mass is 35.5. The van der Waals surface area contributed by atoms with E-state index in [4.69, 9.17) is 20.8 Å². The van der Waals surface area contributed by atoms with Crippen molar-refractivity contribution in [3.8, 4) is 17.1 Å². The molecule has 0 aliphatic heterocycles. The Bertz CT molecular complexity index is 983. The van der Waals surface area contributed by atoms with Crippen molar-refractivity contribution >= 4 is 28.9 Å². The molecule has 0 radical (unpaired) electrons. The SMILES string of the molecule is COc1ccc(NC(=O)c2ccc(-c3cccc(Cl)c3)o2)cc1[N+](=O)[O-]. The van der Waals surface area contributed by atoms with Gasteiger partial charge in [0.1, 0.15) is 5.76 Å². The lowest BCUT2D eigenvalue weighted by Crippen LogP contribution is -2.11. The van der Waals surface area contributed by atoms with Crippen LogP contribution >= 0.6 is 11.6 Å². The van der Waals surface area contributed by atoms with Gasteiger partial charge in [-0.1, -0.05) is 23.7 Å². The molecule has 0 atom stereocenters. The van der Waals surface area contributed by atoms with E-state index in [1.54, 1.807) is 30.3 Å². The molecule has 1 aromatic heterocycles. The summed E-state index contributed by atoms with van der Waals surface area (Å²) in [5.41, 5.74) is 0.740. The van der Waals surface area contributed by atoms with E-state index in [-0.39, 0.29) is 22.9 Å². The van der Waals surface area contributed by atoms with Crippen LogP contribution in [0.4, 0.5) is 11.4 Å². The summed E-state index contributed by atoms with van der Waals surface area (Å²) < 4.78 is 10.5. The van der Waals surface area contributed by atoms with Gasteiger partial charge in [0.15, 0.2) is 11.5 Å². The maximum atomic E-state index is 12.3. The average molecular weight is 373 g/mol. The first-order valence-corrected chi connectivity index (χ1v) is 7.85. The molecule has 7 nitrogen and oxygen atoms in total. The molecule has 1 amide bonds. The molecule has 1 N–H and O–H groups in total. The number of nitro benzene ring substituents is 1. The second kappa shape index (κ2) is 7.28. The van der Waals surface area contributed by atoms with Gasteiger partial charge in [-0.3, -0.25) is 14.9 Å². The van der Waals surface area contributed by atoms with Gasteiger partial charge in [0.2, 0.25) is 0 Å². The zero-order valence-corrected chi connectivity index (χ0v) is 14.3. The van der Waals surface area contributed by atoms with Crippen LogP contribution in [0.5, 0.6) is 5.75 Å². The number of hydrogen-bond acceptors (Lipinski definition) is 5. The van der Waals surface area contributed by atoms with Crippen LogP contribution in [-0.4, -0.2) is 17.9 Å². The molecule has 0 fully saturated rings. The Hall–Kier alpha value is -3.32. The lowest BCUT2D eigenvalue weighted by molar-refractivity contribution is -0.385. The molecule has 3 aromatic rings. The third-order valence-electron chi connectivity index (χ3n) is 3.57. The fourth-order valence-corrected chi connectivity index (χ4v) is 2.55. The van der Waals surface area contributed by atoms with E-state index in [0.717, 1.165) is 5.56 Å². The van der Waals surface area contributed by atoms with E-state index in [1.807, 2.05) is 0 Å². The minimum Gasteiger partial charge on any atom is -0.490 e. The number of nitrogens with zero attached hydrogens (tertiary/aromatic N) is 1. The molecule has 0 unspecified atom stereocenters. The molecule has 3 rings (SSSR count). The smallest absolute Gasteiger partial charge is 0.312 e. The van der Waals surface area contributed by atoms with E-state index in [1.165, 1.54) is 31.4 Å². The number of amides is 1. The van der Waals surface area contributed by atoms with E-state index in [0.29, 0.717) is 10.8 Å². The molecule has 0 saturated carbocycles. The molecule has 26 heavy (non-hydrogen) atoms. The number of methoxy groups -OCH3 is 1. The first-order valence-electron chi connectivity index (χ1n) is 7.47. The van der Waals surface area contributed by atoms with E-state index in [9.17, 15) is 14.9 Å². The van der Waals surface area contributed by atoms with Gasteiger partial charge in [0.25, 0.3) is 5.91 Å². The minimum absolute atomic E-state index is 0.0680. The average Bonchev–Trinajstić information content (AvgIpc) is 3.12. The lowest BCUT2D eigenvalue weighted by atomic mass is 10.2. The quantitative estimate of drug-likeness (QED) is 0.514. The molecule has 0 aliphatic rings. The summed E-state index contributed by atoms with van der Waals surface area (Å²) in [5.74, 6) is 0.129. The second-order valence-corrected chi connectivity index (χ2v) is 5.71. The molecule has 0 bridgehead atoms. The number of anilines is 1. The topological polar surface area (TPSA) is 94.6 Å². The van der Waals surface area contributed by atoms with Gasteiger partial charge >= 0.3 is 5.69 Å². The summed E-state index contributed by atoms with van der Waals surface area (Å²) in [6, 6.07) is 14.3. The van der Waals surface area contributed by atoms with Crippen molar-refractivity contribution in [1.82, 2.24) is 0 Å². The predicted molar refractivity (Wildman–Crippen MR) is 96.8 cm³/mol. The number of hydrogen-bond donors (Lipinski definition) is 1. The zero-order valence-electron chi connectivity index (χ0n) is 13.6. The van der Waals surface area contributed by atoms with Gasteiger partial charge in [-0.25, -0.2) is 0 Å². The minimum atomic E-state index is -0.585. The number of benzene rings is 2. The normalized spacial score (nSPS) is 10.4. The Morgan fingerprint density at radius 3 is 2.69 bits per heavy atom. The van der Waals surface area contributed by atoms with Gasteiger partial charge in [-0.15, -0.1) is 0 Å². The number of nitrogens with one attached hydrogen (secondary N) is 1. The van der Waals surface area contributed by atoms with Crippen molar-refractivity contribution in [1.29, 1.82) is 0 Å². The highest BCUT2D eigenvalue weighted by Gasteiger charge is 2.18. The van der Waals surface area contributed by atoms with Gasteiger partial charge < -0.3 is 14.5 Å². The monoisotopic (exact) mass is 372 g/mol. The molecular weight excluding hydrogens is 360 g/mol. The summed E-state index contributed by atoms with van der Waals surface area (Å²) in [4.78, 5) is 22.8. The molecule has 132 valence electrons. The first kappa shape index (κ1) is 17.5. The lowest BCUT2D eigenvalue weighted by Gasteiger charge is -2.06. The van der Waals surface area contributed by atoms with Crippen LogP contribution in [0.15, 0.2) is 59.0 Å². The number of ether oxygens (including phenoxy) is 1. The summed E-state index contributed by atoms with van der Waals surface area (Å²) in [6.07, 6.45) is 0. The van der Waals surface area contributed by atoms with Crippen LogP contribution in [0.25, 0.3) is 11.3 Å². The highest BCUT2D eigenvalue weighted by Crippen LogP contribution is 2.30. The van der Waals surface area contributed by atoms with Crippen molar-refractivity contribution in [3.05, 3.63) is 75.5 Å². The number of halogens is 1. The molecule has 0 aliphatic carbocycles. The van der Waals surface area contributed by atoms with E-state index < -0.39 is 10.8 Å². The highest BCUT2D eigenvalue weighted by molar-refractivity contribution is 6.30. The van der Waals surface area contributed by atoms with Crippen LogP contribution < -0.4 is 10.1 Å². The van der Waals surface area contributed by atoms with Crippen LogP contribution in [0.1, 0.15) is 10.6 Å². The molecule has 0 spiro atoms. The third kappa shape index (κ3) is 3.68. The number of carbonyl (C=O) groups is 1. The van der Waals surface area contributed by atoms with Crippen molar-refractivity contribution in [2.75, 3.05) is 12.4 Å². The fourth-order valence-electron chi connectivity index (χ4n) is 2.36. The number of furan rings is 1. The van der Waals surface area contributed by atoms with Crippen LogP contribution in [0.3, 0.4) is 0 Å². The van der Waals surface area contributed by atoms with Gasteiger partial charge in [-0.2, -0.15) is 0 Å². The van der Waals surface area contributed by atoms with Crippen molar-refractivity contribution in [2.45, 2.75) is 0 Å². The maximum Gasteiger partial charge on any atom is 0.312 e. The Balaban J connectivity index is 1.81. The molecule has 2 aromatic carbocycles. The Labute approximate surface area is 153 Å². The largest absolute Gasteiger partial charge is 0.490 e. The zero-order chi connectivity index (χ0) is 18.7. The Morgan fingerprint density at radius 2 is 2.00 bits per heavy atom. The Kier molecular flexibility index (Phi) is 4.90. The third-order valence-corrected chi connectivity index (χ3v) is 3.81. The first-order chi connectivity index (χ1) is 12.5. The fraction of sp³-hybridized carbons (Fsp3) is 0.0556. The van der Waals surface area contributed by atoms with Crippen molar-refractivity contribution in [2.24, 2.45) is 0 Å². The molecular formula is C18H13ClN2O5. The van der Waals surface area contributed by atoms with E-state index >= 15 is 0 Å². The number of nitro groups is 1.